The van der Waals surface area contributed by atoms with E-state index in [0.29, 0.717) is 23.5 Å². The molecule has 3 aromatic carbocycles. The lowest BCUT2D eigenvalue weighted by Gasteiger charge is -2.32. The van der Waals surface area contributed by atoms with Crippen molar-refractivity contribution in [2.75, 3.05) is 10.8 Å². The summed E-state index contributed by atoms with van der Waals surface area (Å²) in [7, 11) is -3.67. The second-order valence-electron chi connectivity index (χ2n) is 10.8. The number of anilines is 1. The van der Waals surface area contributed by atoms with Crippen LogP contribution in [0.25, 0.3) is 10.8 Å². The Morgan fingerprint density at radius 1 is 1.00 bits per heavy atom. The van der Waals surface area contributed by atoms with Crippen molar-refractivity contribution in [1.29, 1.82) is 0 Å². The number of sulfonamides is 1. The van der Waals surface area contributed by atoms with Gasteiger partial charge in [-0.2, -0.15) is 0 Å². The summed E-state index contributed by atoms with van der Waals surface area (Å²) in [5.41, 5.74) is 2.71. The lowest BCUT2D eigenvalue weighted by molar-refractivity contribution is -0.141. The van der Waals surface area contributed by atoms with E-state index in [1.807, 2.05) is 55.5 Å². The number of amides is 2. The summed E-state index contributed by atoms with van der Waals surface area (Å²) in [5, 5.41) is 4.79. The highest BCUT2D eigenvalue weighted by atomic mass is 32.2. The van der Waals surface area contributed by atoms with E-state index in [1.165, 1.54) is 10.7 Å². The van der Waals surface area contributed by atoms with Crippen molar-refractivity contribution in [3.63, 3.8) is 0 Å². The van der Waals surface area contributed by atoms with Crippen molar-refractivity contribution in [2.24, 2.45) is 0 Å². The molecular formula is C31H37N3O4S. The standard InChI is InChI=1S/C31H37N3O4S/c1-22-11-6-7-12-25(22)21-33(23(2)31(36)32-26-15-4-3-5-16-26)29(35)19-10-20-34-27-17-8-13-24-14-9-18-28(30(24)27)39(34,37)38/h6-9,11-14,17-18,23,26H,3-5,10,15-16,19-21H2,1-2H3,(H,32,36)/t23-/m0/s1. The third kappa shape index (κ3) is 5.53. The SMILES string of the molecule is Cc1ccccc1CN(C(=O)CCCN1c2cccc3cccc(c23)S1(=O)=O)[C@@H](C)C(=O)NC1CCCCC1. The molecule has 39 heavy (non-hydrogen) atoms. The van der Waals surface area contributed by atoms with Crippen LogP contribution in [-0.4, -0.2) is 43.8 Å². The van der Waals surface area contributed by atoms with Gasteiger partial charge in [0, 0.05) is 30.9 Å². The van der Waals surface area contributed by atoms with E-state index in [-0.39, 0.29) is 30.8 Å². The molecule has 7 nitrogen and oxygen atoms in total. The minimum absolute atomic E-state index is 0.131. The van der Waals surface area contributed by atoms with E-state index in [0.717, 1.165) is 47.6 Å². The maximum absolute atomic E-state index is 13.6. The Morgan fingerprint density at radius 3 is 2.46 bits per heavy atom. The maximum atomic E-state index is 13.6. The Labute approximate surface area is 231 Å². The fraction of sp³-hybridized carbons (Fsp3) is 0.419. The Balaban J connectivity index is 1.30. The van der Waals surface area contributed by atoms with Gasteiger partial charge in [-0.1, -0.05) is 67.8 Å². The third-order valence-electron chi connectivity index (χ3n) is 8.15. The second kappa shape index (κ2) is 11.4. The van der Waals surface area contributed by atoms with Gasteiger partial charge in [-0.3, -0.25) is 13.9 Å². The number of hydrogen-bond acceptors (Lipinski definition) is 4. The highest BCUT2D eigenvalue weighted by Crippen LogP contribution is 2.42. The van der Waals surface area contributed by atoms with Crippen LogP contribution in [0.1, 0.15) is 63.0 Å². The van der Waals surface area contributed by atoms with Crippen LogP contribution >= 0.6 is 0 Å². The highest BCUT2D eigenvalue weighted by molar-refractivity contribution is 7.93. The molecular weight excluding hydrogens is 510 g/mol. The summed E-state index contributed by atoms with van der Waals surface area (Å²) in [6.07, 6.45) is 5.87. The molecule has 1 aliphatic heterocycles. The number of aryl methyl sites for hydroxylation is 1. The van der Waals surface area contributed by atoms with Gasteiger partial charge in [0.1, 0.15) is 6.04 Å². The van der Waals surface area contributed by atoms with Crippen molar-refractivity contribution in [2.45, 2.75) is 82.3 Å². The van der Waals surface area contributed by atoms with Crippen LogP contribution in [-0.2, 0) is 26.2 Å². The van der Waals surface area contributed by atoms with Crippen molar-refractivity contribution in [1.82, 2.24) is 10.2 Å². The molecule has 1 fully saturated rings. The van der Waals surface area contributed by atoms with E-state index in [2.05, 4.69) is 5.32 Å². The number of carbonyl (C=O) groups is 2. The predicted molar refractivity (Wildman–Crippen MR) is 154 cm³/mol. The van der Waals surface area contributed by atoms with Gasteiger partial charge in [0.25, 0.3) is 10.0 Å². The first-order valence-electron chi connectivity index (χ1n) is 14.0. The van der Waals surface area contributed by atoms with E-state index < -0.39 is 16.1 Å². The molecule has 0 aromatic heterocycles. The number of rotatable bonds is 9. The van der Waals surface area contributed by atoms with Crippen LogP contribution in [0.15, 0.2) is 65.6 Å². The largest absolute Gasteiger partial charge is 0.352 e. The Morgan fingerprint density at radius 2 is 1.72 bits per heavy atom. The molecule has 0 spiro atoms. The zero-order valence-electron chi connectivity index (χ0n) is 22.7. The van der Waals surface area contributed by atoms with E-state index >= 15 is 0 Å². The van der Waals surface area contributed by atoms with Crippen molar-refractivity contribution in [3.05, 3.63) is 71.8 Å². The van der Waals surface area contributed by atoms with Gasteiger partial charge in [-0.25, -0.2) is 8.42 Å². The molecule has 1 N–H and O–H groups in total. The summed E-state index contributed by atoms with van der Waals surface area (Å²) in [6.45, 7) is 4.32. The van der Waals surface area contributed by atoms with E-state index in [1.54, 1.807) is 24.0 Å². The van der Waals surface area contributed by atoms with Crippen LogP contribution < -0.4 is 9.62 Å². The lowest BCUT2D eigenvalue weighted by Crippen LogP contribution is -2.50. The van der Waals surface area contributed by atoms with Gasteiger partial charge >= 0.3 is 0 Å². The van der Waals surface area contributed by atoms with Gasteiger partial charge < -0.3 is 10.2 Å². The molecule has 1 heterocycles. The maximum Gasteiger partial charge on any atom is 0.265 e. The first-order chi connectivity index (χ1) is 18.8. The molecule has 3 aromatic rings. The smallest absolute Gasteiger partial charge is 0.265 e. The summed E-state index contributed by atoms with van der Waals surface area (Å²) in [6, 6.07) is 18.3. The normalized spacial score (nSPS) is 17.2. The first kappa shape index (κ1) is 27.2. The predicted octanol–water partition coefficient (Wildman–Crippen LogP) is 5.30. The zero-order valence-corrected chi connectivity index (χ0v) is 23.5. The fourth-order valence-electron chi connectivity index (χ4n) is 5.84. The molecule has 1 atom stereocenters. The summed E-state index contributed by atoms with van der Waals surface area (Å²) in [4.78, 5) is 28.8. The van der Waals surface area contributed by atoms with E-state index in [9.17, 15) is 18.0 Å². The lowest BCUT2D eigenvalue weighted by atomic mass is 9.95. The second-order valence-corrected chi connectivity index (χ2v) is 12.6. The van der Waals surface area contributed by atoms with Crippen LogP contribution in [0.2, 0.25) is 0 Å². The number of nitrogens with zero attached hydrogens (tertiary/aromatic N) is 2. The number of nitrogens with one attached hydrogen (secondary N) is 1. The molecule has 0 saturated heterocycles. The Bertz CT molecular complexity index is 1470. The molecule has 1 aliphatic carbocycles. The number of benzene rings is 3. The van der Waals surface area contributed by atoms with Crippen LogP contribution in [0.5, 0.6) is 0 Å². The molecule has 206 valence electrons. The average Bonchev–Trinajstić information content (AvgIpc) is 3.16. The summed E-state index contributed by atoms with van der Waals surface area (Å²) < 4.78 is 28.1. The zero-order chi connectivity index (χ0) is 27.6. The molecule has 0 radical (unpaired) electrons. The quantitative estimate of drug-likeness (QED) is 0.394. The average molecular weight is 548 g/mol. The van der Waals surface area contributed by atoms with Crippen molar-refractivity contribution < 1.29 is 18.0 Å². The summed E-state index contributed by atoms with van der Waals surface area (Å²) in [5.74, 6) is -0.287. The Kier molecular flexibility index (Phi) is 7.93. The van der Waals surface area contributed by atoms with Crippen molar-refractivity contribution >= 4 is 38.3 Å². The van der Waals surface area contributed by atoms with Gasteiger partial charge in [0.15, 0.2) is 0 Å². The molecule has 2 aliphatic rings. The minimum Gasteiger partial charge on any atom is -0.352 e. The highest BCUT2D eigenvalue weighted by Gasteiger charge is 2.35. The Hall–Kier alpha value is -3.39. The minimum atomic E-state index is -3.67. The first-order valence-corrected chi connectivity index (χ1v) is 15.4. The number of hydrogen-bond donors (Lipinski definition) is 1. The van der Waals surface area contributed by atoms with Crippen LogP contribution in [0.4, 0.5) is 5.69 Å². The molecule has 8 heteroatoms. The van der Waals surface area contributed by atoms with Crippen LogP contribution in [0.3, 0.4) is 0 Å². The number of carbonyl (C=O) groups excluding carboxylic acids is 2. The molecule has 0 bridgehead atoms. The summed E-state index contributed by atoms with van der Waals surface area (Å²) >= 11 is 0. The van der Waals surface area contributed by atoms with Gasteiger partial charge in [-0.05, 0) is 61.8 Å². The fourth-order valence-corrected chi connectivity index (χ4v) is 7.59. The molecule has 2 amide bonds. The van der Waals surface area contributed by atoms with Gasteiger partial charge in [-0.15, -0.1) is 0 Å². The van der Waals surface area contributed by atoms with Gasteiger partial charge in [0.2, 0.25) is 11.8 Å². The molecule has 1 saturated carbocycles. The molecule has 5 rings (SSSR count). The third-order valence-corrected chi connectivity index (χ3v) is 10.0. The van der Waals surface area contributed by atoms with E-state index in [4.69, 9.17) is 0 Å². The topological polar surface area (TPSA) is 86.8 Å². The van der Waals surface area contributed by atoms with Crippen LogP contribution in [0, 0.1) is 6.92 Å². The van der Waals surface area contributed by atoms with Gasteiger partial charge in [0.05, 0.1) is 10.6 Å². The van der Waals surface area contributed by atoms with Crippen molar-refractivity contribution in [3.8, 4) is 0 Å². The monoisotopic (exact) mass is 547 g/mol. The molecule has 0 unspecified atom stereocenters.